The van der Waals surface area contributed by atoms with Crippen LogP contribution < -0.4 is 4.72 Å². The molecule has 0 spiro atoms. The number of rotatable bonds is 6. The van der Waals surface area contributed by atoms with Gasteiger partial charge in [0.25, 0.3) is 0 Å². The first-order chi connectivity index (χ1) is 8.79. The van der Waals surface area contributed by atoms with Gasteiger partial charge < -0.3 is 10.2 Å². The summed E-state index contributed by atoms with van der Waals surface area (Å²) in [4.78, 5) is 10.8. The number of hydrogen-bond donors (Lipinski definition) is 3. The highest BCUT2D eigenvalue weighted by atomic mass is 32.2. The summed E-state index contributed by atoms with van der Waals surface area (Å²) >= 11 is 0. The molecule has 6 nitrogen and oxygen atoms in total. The van der Waals surface area contributed by atoms with Crippen LogP contribution in [-0.2, 0) is 10.0 Å². The number of aryl methyl sites for hydroxylation is 1. The van der Waals surface area contributed by atoms with Crippen molar-refractivity contribution in [3.05, 3.63) is 23.3 Å². The van der Waals surface area contributed by atoms with Gasteiger partial charge in [0.15, 0.2) is 0 Å². The number of aromatic carboxylic acids is 1. The Kier molecular flexibility index (Phi) is 4.90. The Labute approximate surface area is 112 Å². The zero-order chi connectivity index (χ0) is 14.6. The number of carboxylic acids is 1. The molecule has 0 fully saturated rings. The van der Waals surface area contributed by atoms with Gasteiger partial charge in [0.1, 0.15) is 11.3 Å². The van der Waals surface area contributed by atoms with Gasteiger partial charge in [0.2, 0.25) is 10.0 Å². The average Bonchev–Trinajstić information content (AvgIpc) is 2.28. The molecule has 0 saturated heterocycles. The van der Waals surface area contributed by atoms with E-state index in [1.165, 1.54) is 6.92 Å². The summed E-state index contributed by atoms with van der Waals surface area (Å²) in [6, 6.07) is 2.11. The first-order valence-corrected chi connectivity index (χ1v) is 7.34. The van der Waals surface area contributed by atoms with Crippen LogP contribution in [0, 0.1) is 6.92 Å². The normalized spacial score (nSPS) is 11.5. The summed E-state index contributed by atoms with van der Waals surface area (Å²) in [7, 11) is -3.76. The minimum Gasteiger partial charge on any atom is -0.507 e. The molecule has 1 aromatic rings. The average molecular weight is 287 g/mol. The second-order valence-corrected chi connectivity index (χ2v) is 5.93. The molecule has 0 aliphatic rings. The highest BCUT2D eigenvalue weighted by molar-refractivity contribution is 7.89. The third-order valence-corrected chi connectivity index (χ3v) is 4.24. The Morgan fingerprint density at radius 3 is 2.53 bits per heavy atom. The Balaban J connectivity index is 3.19. The SMILES string of the molecule is CCCCNS(=O)(=O)c1cc(C(=O)O)c(O)cc1C. The topological polar surface area (TPSA) is 104 Å². The lowest BCUT2D eigenvalue weighted by Crippen LogP contribution is -2.25. The number of carbonyl (C=O) groups is 1. The Hall–Kier alpha value is -1.60. The van der Waals surface area contributed by atoms with Crippen molar-refractivity contribution in [3.8, 4) is 5.75 Å². The molecule has 1 aromatic carbocycles. The van der Waals surface area contributed by atoms with E-state index in [-0.39, 0.29) is 4.90 Å². The lowest BCUT2D eigenvalue weighted by molar-refractivity contribution is 0.0693. The number of aromatic hydroxyl groups is 1. The zero-order valence-electron chi connectivity index (χ0n) is 10.8. The second kappa shape index (κ2) is 6.03. The maximum Gasteiger partial charge on any atom is 0.339 e. The first kappa shape index (κ1) is 15.5. The largest absolute Gasteiger partial charge is 0.507 e. The lowest BCUT2D eigenvalue weighted by atomic mass is 10.1. The Morgan fingerprint density at radius 1 is 1.37 bits per heavy atom. The summed E-state index contributed by atoms with van der Waals surface area (Å²) in [5.74, 6) is -1.82. The van der Waals surface area contributed by atoms with Crippen LogP contribution in [0.5, 0.6) is 5.75 Å². The molecule has 3 N–H and O–H groups in total. The smallest absolute Gasteiger partial charge is 0.339 e. The van der Waals surface area contributed by atoms with E-state index < -0.39 is 27.3 Å². The molecule has 0 bridgehead atoms. The highest BCUT2D eigenvalue weighted by Gasteiger charge is 2.21. The van der Waals surface area contributed by atoms with Gasteiger partial charge in [0, 0.05) is 6.54 Å². The van der Waals surface area contributed by atoms with Crippen molar-refractivity contribution in [2.75, 3.05) is 6.54 Å². The molecule has 0 aromatic heterocycles. The van der Waals surface area contributed by atoms with Crippen molar-refractivity contribution < 1.29 is 23.4 Å². The fourth-order valence-electron chi connectivity index (χ4n) is 1.59. The molecule has 0 amide bonds. The van der Waals surface area contributed by atoms with Crippen molar-refractivity contribution in [3.63, 3.8) is 0 Å². The molecule has 0 heterocycles. The van der Waals surface area contributed by atoms with Crippen LogP contribution in [0.25, 0.3) is 0 Å². The highest BCUT2D eigenvalue weighted by Crippen LogP contribution is 2.25. The predicted molar refractivity (Wildman–Crippen MR) is 69.9 cm³/mol. The third-order valence-electron chi connectivity index (χ3n) is 2.64. The van der Waals surface area contributed by atoms with Crippen LogP contribution in [0.2, 0.25) is 0 Å². The van der Waals surface area contributed by atoms with E-state index in [1.807, 2.05) is 6.92 Å². The van der Waals surface area contributed by atoms with Gasteiger partial charge in [-0.15, -0.1) is 0 Å². The summed E-state index contributed by atoms with van der Waals surface area (Å²) in [6.45, 7) is 3.73. The Morgan fingerprint density at radius 2 is 2.00 bits per heavy atom. The molecule has 0 aliphatic heterocycles. The molecule has 0 unspecified atom stereocenters. The summed E-state index contributed by atoms with van der Waals surface area (Å²) in [5, 5.41) is 18.4. The molecule has 0 radical (unpaired) electrons. The van der Waals surface area contributed by atoms with Gasteiger partial charge in [0.05, 0.1) is 4.90 Å². The number of benzene rings is 1. The van der Waals surface area contributed by atoms with E-state index in [4.69, 9.17) is 5.11 Å². The van der Waals surface area contributed by atoms with E-state index in [0.29, 0.717) is 18.5 Å². The maximum absolute atomic E-state index is 12.0. The summed E-state index contributed by atoms with van der Waals surface area (Å²) < 4.78 is 26.5. The van der Waals surface area contributed by atoms with Crippen LogP contribution in [0.4, 0.5) is 0 Å². The van der Waals surface area contributed by atoms with Crippen LogP contribution in [0.1, 0.15) is 35.7 Å². The van der Waals surface area contributed by atoms with Crippen molar-refractivity contribution >= 4 is 16.0 Å². The lowest BCUT2D eigenvalue weighted by Gasteiger charge is -2.11. The van der Waals surface area contributed by atoms with E-state index in [1.54, 1.807) is 0 Å². The fourth-order valence-corrected chi connectivity index (χ4v) is 2.92. The maximum atomic E-state index is 12.0. The van der Waals surface area contributed by atoms with Crippen molar-refractivity contribution in [1.29, 1.82) is 0 Å². The minimum absolute atomic E-state index is 0.126. The molecule has 7 heteroatoms. The van der Waals surface area contributed by atoms with Crippen LogP contribution >= 0.6 is 0 Å². The number of phenols is 1. The third kappa shape index (κ3) is 3.68. The van der Waals surface area contributed by atoms with Crippen LogP contribution in [-0.4, -0.2) is 31.1 Å². The van der Waals surface area contributed by atoms with Gasteiger partial charge >= 0.3 is 5.97 Å². The zero-order valence-corrected chi connectivity index (χ0v) is 11.6. The first-order valence-electron chi connectivity index (χ1n) is 5.86. The van der Waals surface area contributed by atoms with Gasteiger partial charge in [-0.1, -0.05) is 13.3 Å². The van der Waals surface area contributed by atoms with Gasteiger partial charge in [-0.3, -0.25) is 0 Å². The summed E-state index contributed by atoms with van der Waals surface area (Å²) in [5.41, 5.74) is -0.132. The minimum atomic E-state index is -3.76. The fraction of sp³-hybridized carbons (Fsp3) is 0.417. The summed E-state index contributed by atoms with van der Waals surface area (Å²) in [6.07, 6.45) is 1.54. The number of hydrogen-bond acceptors (Lipinski definition) is 4. The van der Waals surface area contributed by atoms with Crippen molar-refractivity contribution in [2.45, 2.75) is 31.6 Å². The monoisotopic (exact) mass is 287 g/mol. The standard InChI is InChI=1S/C12H17NO5S/c1-3-4-5-13-19(17,18)11-7-9(12(15)16)10(14)6-8(11)2/h6-7,13-14H,3-5H2,1-2H3,(H,15,16). The number of carboxylic acid groups (broad SMARTS) is 1. The molecule has 0 atom stereocenters. The van der Waals surface area contributed by atoms with E-state index >= 15 is 0 Å². The van der Waals surface area contributed by atoms with Crippen molar-refractivity contribution in [2.24, 2.45) is 0 Å². The molecule has 19 heavy (non-hydrogen) atoms. The number of sulfonamides is 1. The quantitative estimate of drug-likeness (QED) is 0.687. The second-order valence-electron chi connectivity index (χ2n) is 4.19. The van der Waals surface area contributed by atoms with E-state index in [9.17, 15) is 18.3 Å². The predicted octanol–water partition coefficient (Wildman–Crippen LogP) is 1.48. The molecule has 106 valence electrons. The van der Waals surface area contributed by atoms with Crippen molar-refractivity contribution in [1.82, 2.24) is 4.72 Å². The molecule has 0 aliphatic carbocycles. The van der Waals surface area contributed by atoms with E-state index in [0.717, 1.165) is 18.6 Å². The Bertz CT molecular complexity index is 580. The molecule has 1 rings (SSSR count). The van der Waals surface area contributed by atoms with Gasteiger partial charge in [-0.2, -0.15) is 0 Å². The van der Waals surface area contributed by atoms with E-state index in [2.05, 4.69) is 4.72 Å². The van der Waals surface area contributed by atoms with Crippen LogP contribution in [0.3, 0.4) is 0 Å². The molecular formula is C12H17NO5S. The molecule has 0 saturated carbocycles. The van der Waals surface area contributed by atoms with Gasteiger partial charge in [-0.25, -0.2) is 17.9 Å². The number of unbranched alkanes of at least 4 members (excludes halogenated alkanes) is 1. The molecular weight excluding hydrogens is 270 g/mol. The number of nitrogens with one attached hydrogen (secondary N) is 1. The van der Waals surface area contributed by atoms with Crippen LogP contribution in [0.15, 0.2) is 17.0 Å². The van der Waals surface area contributed by atoms with Gasteiger partial charge in [-0.05, 0) is 31.0 Å².